The lowest BCUT2D eigenvalue weighted by Gasteiger charge is -2.25. The topological polar surface area (TPSA) is 66.3 Å². The zero-order chi connectivity index (χ0) is 26.2. The number of aliphatic hydroxyl groups excluding tert-OH is 1. The Morgan fingerprint density at radius 3 is 2.35 bits per heavy atom. The Morgan fingerprint density at radius 1 is 0.892 bits per heavy atom. The second-order valence-corrected chi connectivity index (χ2v) is 9.03. The van der Waals surface area contributed by atoms with Crippen LogP contribution in [0.3, 0.4) is 0 Å². The lowest BCUT2D eigenvalue weighted by molar-refractivity contribution is 0.0823. The van der Waals surface area contributed by atoms with Crippen LogP contribution in [0.5, 0.6) is 0 Å². The maximum absolute atomic E-state index is 13.9. The van der Waals surface area contributed by atoms with Gasteiger partial charge in [-0.3, -0.25) is 4.79 Å². The third-order valence-electron chi connectivity index (χ3n) is 6.26. The van der Waals surface area contributed by atoms with Gasteiger partial charge in [0.2, 0.25) is 0 Å². The summed E-state index contributed by atoms with van der Waals surface area (Å²) in [5, 5.41) is 17.2. The maximum Gasteiger partial charge on any atom is 0.268 e. The molecule has 0 radical (unpaired) electrons. The van der Waals surface area contributed by atoms with Gasteiger partial charge in [-0.1, -0.05) is 49.4 Å². The van der Waals surface area contributed by atoms with Crippen molar-refractivity contribution in [1.82, 2.24) is 15.2 Å². The van der Waals surface area contributed by atoms with Crippen LogP contribution < -0.4 is 10.6 Å². The first-order valence-corrected chi connectivity index (χ1v) is 12.4. The van der Waals surface area contributed by atoms with Gasteiger partial charge in [-0.2, -0.15) is 0 Å². The molecule has 37 heavy (non-hydrogen) atoms. The molecule has 0 unspecified atom stereocenters. The molecule has 1 aromatic heterocycles. The molecule has 4 aromatic rings. The highest BCUT2D eigenvalue weighted by Crippen LogP contribution is 2.15. The summed E-state index contributed by atoms with van der Waals surface area (Å²) in [6.45, 7) is 2.81. The molecule has 0 saturated carbocycles. The third kappa shape index (κ3) is 7.12. The van der Waals surface area contributed by atoms with Crippen molar-refractivity contribution in [3.8, 4) is 5.69 Å². The van der Waals surface area contributed by atoms with Crippen molar-refractivity contribution in [3.63, 3.8) is 0 Å². The van der Waals surface area contributed by atoms with Crippen molar-refractivity contribution in [2.75, 3.05) is 6.54 Å². The molecule has 1 amide bonds. The number of benzene rings is 3. The molecule has 192 valence electrons. The minimum absolute atomic E-state index is 0.0562. The zero-order valence-electron chi connectivity index (χ0n) is 20.7. The predicted molar refractivity (Wildman–Crippen MR) is 141 cm³/mol. The number of carbonyl (C=O) groups is 1. The summed E-state index contributed by atoms with van der Waals surface area (Å²) in [7, 11) is 0. The van der Waals surface area contributed by atoms with Crippen LogP contribution in [-0.4, -0.2) is 34.3 Å². The fourth-order valence-corrected chi connectivity index (χ4v) is 4.35. The van der Waals surface area contributed by atoms with Gasteiger partial charge in [-0.05, 0) is 65.9 Å². The number of para-hydroxylation sites is 1. The quantitative estimate of drug-likeness (QED) is 0.275. The number of aromatic nitrogens is 1. The van der Waals surface area contributed by atoms with Crippen molar-refractivity contribution in [2.24, 2.45) is 0 Å². The summed E-state index contributed by atoms with van der Waals surface area (Å²) in [6.07, 6.45) is 1.76. The Bertz CT molecular complexity index is 1300. The van der Waals surface area contributed by atoms with Crippen molar-refractivity contribution < 1.29 is 18.7 Å². The zero-order valence-corrected chi connectivity index (χ0v) is 20.7. The van der Waals surface area contributed by atoms with Gasteiger partial charge in [0, 0.05) is 31.0 Å². The van der Waals surface area contributed by atoms with E-state index in [4.69, 9.17) is 0 Å². The highest BCUT2D eigenvalue weighted by molar-refractivity contribution is 5.93. The number of halogens is 2. The molecule has 0 aliphatic rings. The van der Waals surface area contributed by atoms with Crippen molar-refractivity contribution in [2.45, 2.75) is 38.5 Å². The largest absolute Gasteiger partial charge is 0.390 e. The van der Waals surface area contributed by atoms with Crippen LogP contribution in [0.15, 0.2) is 91.1 Å². The first kappa shape index (κ1) is 26.3. The SMILES string of the molecule is CCc1cccc(CNC[C@H](O)[C@H](Cc2cc(F)cc(F)c2)NC(=O)c2cccn2-c2ccccc2)c1. The summed E-state index contributed by atoms with van der Waals surface area (Å²) in [4.78, 5) is 13.3. The number of aliphatic hydroxyl groups is 1. The van der Waals surface area contributed by atoms with E-state index in [0.29, 0.717) is 17.8 Å². The fourth-order valence-electron chi connectivity index (χ4n) is 4.35. The first-order valence-electron chi connectivity index (χ1n) is 12.4. The van der Waals surface area contributed by atoms with Gasteiger partial charge in [0.1, 0.15) is 17.3 Å². The molecular weight excluding hydrogens is 472 g/mol. The molecule has 2 atom stereocenters. The van der Waals surface area contributed by atoms with E-state index in [1.165, 1.54) is 17.7 Å². The second-order valence-electron chi connectivity index (χ2n) is 9.03. The van der Waals surface area contributed by atoms with E-state index < -0.39 is 29.7 Å². The summed E-state index contributed by atoms with van der Waals surface area (Å²) in [6, 6.07) is 23.5. The molecule has 4 rings (SSSR count). The van der Waals surface area contributed by atoms with Crippen LogP contribution >= 0.6 is 0 Å². The predicted octanol–water partition coefficient (Wildman–Crippen LogP) is 4.81. The van der Waals surface area contributed by atoms with E-state index in [0.717, 1.165) is 23.7 Å². The van der Waals surface area contributed by atoms with Crippen molar-refractivity contribution in [3.05, 3.63) is 125 Å². The van der Waals surface area contributed by atoms with Crippen LogP contribution in [0, 0.1) is 11.6 Å². The molecule has 0 bridgehead atoms. The molecule has 0 fully saturated rings. The van der Waals surface area contributed by atoms with Gasteiger partial charge in [-0.25, -0.2) is 8.78 Å². The number of aryl methyl sites for hydroxylation is 1. The number of nitrogens with zero attached hydrogens (tertiary/aromatic N) is 1. The molecular formula is C30H31F2N3O2. The van der Waals surface area contributed by atoms with Crippen LogP contribution in [0.2, 0.25) is 0 Å². The molecule has 0 aliphatic heterocycles. The second kappa shape index (κ2) is 12.4. The summed E-state index contributed by atoms with van der Waals surface area (Å²) < 4.78 is 29.5. The highest BCUT2D eigenvalue weighted by Gasteiger charge is 2.24. The number of nitrogens with one attached hydrogen (secondary N) is 2. The number of rotatable bonds is 11. The molecule has 0 spiro atoms. The van der Waals surface area contributed by atoms with E-state index in [-0.39, 0.29) is 13.0 Å². The standard InChI is InChI=1S/C30H31F2N3O2/c1-2-21-8-6-9-22(14-21)19-33-20-29(36)27(17-23-15-24(31)18-25(32)16-23)34-30(37)28-12-7-13-35(28)26-10-4-3-5-11-26/h3-16,18,27,29,33,36H,2,17,19-20H2,1H3,(H,34,37)/t27-,29-/m0/s1. The van der Waals surface area contributed by atoms with E-state index in [1.54, 1.807) is 22.9 Å². The molecule has 0 aliphatic carbocycles. The van der Waals surface area contributed by atoms with E-state index in [9.17, 15) is 18.7 Å². The number of hydrogen-bond acceptors (Lipinski definition) is 3. The van der Waals surface area contributed by atoms with Gasteiger partial charge < -0.3 is 20.3 Å². The Hall–Kier alpha value is -3.81. The number of amides is 1. The normalized spacial score (nSPS) is 12.8. The lowest BCUT2D eigenvalue weighted by atomic mass is 10.00. The first-order chi connectivity index (χ1) is 17.9. The highest BCUT2D eigenvalue weighted by atomic mass is 19.1. The maximum atomic E-state index is 13.9. The van der Waals surface area contributed by atoms with E-state index in [1.807, 2.05) is 42.5 Å². The Balaban J connectivity index is 1.50. The third-order valence-corrected chi connectivity index (χ3v) is 6.26. The summed E-state index contributed by atoms with van der Waals surface area (Å²) in [5.41, 5.74) is 3.85. The lowest BCUT2D eigenvalue weighted by Crippen LogP contribution is -2.49. The minimum atomic E-state index is -1.01. The number of carbonyl (C=O) groups excluding carboxylic acids is 1. The van der Waals surface area contributed by atoms with Gasteiger partial charge in [0.15, 0.2) is 0 Å². The average Bonchev–Trinajstić information content (AvgIpc) is 3.39. The van der Waals surface area contributed by atoms with Gasteiger partial charge >= 0.3 is 0 Å². The van der Waals surface area contributed by atoms with Gasteiger partial charge in [-0.15, -0.1) is 0 Å². The van der Waals surface area contributed by atoms with E-state index in [2.05, 4.69) is 29.7 Å². The smallest absolute Gasteiger partial charge is 0.268 e. The van der Waals surface area contributed by atoms with Crippen LogP contribution in [0.25, 0.3) is 5.69 Å². The van der Waals surface area contributed by atoms with Crippen LogP contribution in [-0.2, 0) is 19.4 Å². The Labute approximate surface area is 215 Å². The van der Waals surface area contributed by atoms with Gasteiger partial charge in [0.05, 0.1) is 12.1 Å². The van der Waals surface area contributed by atoms with Crippen molar-refractivity contribution in [1.29, 1.82) is 0 Å². The van der Waals surface area contributed by atoms with Gasteiger partial charge in [0.25, 0.3) is 5.91 Å². The molecule has 3 N–H and O–H groups in total. The molecule has 7 heteroatoms. The number of hydrogen-bond donors (Lipinski definition) is 3. The van der Waals surface area contributed by atoms with Crippen LogP contribution in [0.1, 0.15) is 34.1 Å². The monoisotopic (exact) mass is 503 g/mol. The van der Waals surface area contributed by atoms with Crippen LogP contribution in [0.4, 0.5) is 8.78 Å². The molecule has 5 nitrogen and oxygen atoms in total. The minimum Gasteiger partial charge on any atom is -0.390 e. The molecule has 3 aromatic carbocycles. The average molecular weight is 504 g/mol. The Kier molecular flexibility index (Phi) is 8.82. The van der Waals surface area contributed by atoms with Crippen molar-refractivity contribution >= 4 is 5.91 Å². The Morgan fingerprint density at radius 2 is 1.62 bits per heavy atom. The molecule has 1 heterocycles. The summed E-state index contributed by atoms with van der Waals surface area (Å²) >= 11 is 0. The fraction of sp³-hybridized carbons (Fsp3) is 0.233. The summed E-state index contributed by atoms with van der Waals surface area (Å²) in [5.74, 6) is -1.81. The molecule has 0 saturated heterocycles. The van der Waals surface area contributed by atoms with E-state index >= 15 is 0 Å².